The average molecular weight is 221 g/mol. The van der Waals surface area contributed by atoms with E-state index >= 15 is 0 Å². The first-order valence-corrected chi connectivity index (χ1v) is 5.69. The number of likely N-dealkylation sites (tertiary alicyclic amines) is 1. The van der Waals surface area contributed by atoms with Gasteiger partial charge in [0, 0.05) is 25.2 Å². The average Bonchev–Trinajstić information content (AvgIpc) is 2.83. The van der Waals surface area contributed by atoms with Gasteiger partial charge in [-0.05, 0) is 25.8 Å². The summed E-state index contributed by atoms with van der Waals surface area (Å²) in [7, 11) is 0. The van der Waals surface area contributed by atoms with Gasteiger partial charge in [-0.3, -0.25) is 4.79 Å². The standard InChI is InChI=1S/C11H15N3O2/c1-7-2-10(16-13-7)11(15)14-6-8-3-9(14)5-12-4-8/h2,8-9,12H,3-6H2,1H3. The zero-order chi connectivity index (χ0) is 11.1. The normalized spacial score (nSPS) is 28.4. The molecule has 2 fully saturated rings. The molecule has 86 valence electrons. The smallest absolute Gasteiger partial charge is 0.292 e. The maximum absolute atomic E-state index is 12.2. The lowest BCUT2D eigenvalue weighted by Crippen LogP contribution is -2.41. The molecule has 16 heavy (non-hydrogen) atoms. The third-order valence-corrected chi connectivity index (χ3v) is 3.41. The number of piperidine rings is 1. The highest BCUT2D eigenvalue weighted by Gasteiger charge is 2.38. The predicted molar refractivity (Wildman–Crippen MR) is 57.0 cm³/mol. The second-order valence-corrected chi connectivity index (χ2v) is 4.70. The summed E-state index contributed by atoms with van der Waals surface area (Å²) in [5.41, 5.74) is 0.753. The van der Waals surface area contributed by atoms with E-state index in [1.807, 2.05) is 11.8 Å². The first kappa shape index (κ1) is 9.84. The summed E-state index contributed by atoms with van der Waals surface area (Å²) in [5.74, 6) is 0.952. The van der Waals surface area contributed by atoms with Crippen LogP contribution in [0.2, 0.25) is 0 Å². The first-order valence-electron chi connectivity index (χ1n) is 5.69. The largest absolute Gasteiger partial charge is 0.351 e. The summed E-state index contributed by atoms with van der Waals surface area (Å²) < 4.78 is 5.03. The third kappa shape index (κ3) is 1.51. The molecule has 3 heterocycles. The van der Waals surface area contributed by atoms with Crippen molar-refractivity contribution in [3.8, 4) is 0 Å². The highest BCUT2D eigenvalue weighted by atomic mass is 16.5. The molecule has 0 aliphatic carbocycles. The summed E-state index contributed by atoms with van der Waals surface area (Å²) in [6.07, 6.45) is 1.12. The van der Waals surface area contributed by atoms with Crippen LogP contribution >= 0.6 is 0 Å². The zero-order valence-electron chi connectivity index (χ0n) is 9.27. The molecular formula is C11H15N3O2. The summed E-state index contributed by atoms with van der Waals surface area (Å²) in [6, 6.07) is 2.04. The van der Waals surface area contributed by atoms with Crippen LogP contribution in [0.1, 0.15) is 22.7 Å². The number of aromatic nitrogens is 1. The molecule has 0 spiro atoms. The number of hydrogen-bond donors (Lipinski definition) is 1. The quantitative estimate of drug-likeness (QED) is 0.746. The Bertz CT molecular complexity index is 415. The van der Waals surface area contributed by atoms with Crippen LogP contribution in [0.15, 0.2) is 10.6 Å². The van der Waals surface area contributed by atoms with E-state index in [1.54, 1.807) is 6.07 Å². The molecule has 0 radical (unpaired) electrons. The Balaban J connectivity index is 1.80. The monoisotopic (exact) mass is 221 g/mol. The van der Waals surface area contributed by atoms with Crippen molar-refractivity contribution in [1.82, 2.24) is 15.4 Å². The Morgan fingerprint density at radius 1 is 1.62 bits per heavy atom. The Labute approximate surface area is 93.8 Å². The molecule has 0 aromatic carbocycles. The number of aryl methyl sites for hydroxylation is 1. The molecule has 2 aliphatic heterocycles. The number of carbonyl (C=O) groups excluding carboxylic acids is 1. The van der Waals surface area contributed by atoms with Gasteiger partial charge in [0.1, 0.15) is 0 Å². The highest BCUT2D eigenvalue weighted by Crippen LogP contribution is 2.27. The Morgan fingerprint density at radius 2 is 2.50 bits per heavy atom. The fourth-order valence-electron chi connectivity index (χ4n) is 2.66. The second kappa shape index (κ2) is 3.59. The van der Waals surface area contributed by atoms with Crippen molar-refractivity contribution in [3.63, 3.8) is 0 Å². The van der Waals surface area contributed by atoms with Gasteiger partial charge in [-0.2, -0.15) is 0 Å². The predicted octanol–water partition coefficient (Wildman–Crippen LogP) is 0.417. The molecule has 1 amide bonds. The van der Waals surface area contributed by atoms with Gasteiger partial charge in [0.05, 0.1) is 5.69 Å². The van der Waals surface area contributed by atoms with Crippen LogP contribution in [-0.2, 0) is 0 Å². The maximum Gasteiger partial charge on any atom is 0.292 e. The SMILES string of the molecule is Cc1cc(C(=O)N2CC3CNCC2C3)on1. The van der Waals surface area contributed by atoms with Gasteiger partial charge in [-0.1, -0.05) is 5.16 Å². The number of nitrogens with one attached hydrogen (secondary N) is 1. The van der Waals surface area contributed by atoms with Crippen molar-refractivity contribution < 1.29 is 9.32 Å². The molecule has 1 N–H and O–H groups in total. The van der Waals surface area contributed by atoms with E-state index in [-0.39, 0.29) is 5.91 Å². The van der Waals surface area contributed by atoms with Crippen LogP contribution in [0.3, 0.4) is 0 Å². The van der Waals surface area contributed by atoms with Crippen LogP contribution in [-0.4, -0.2) is 41.6 Å². The van der Waals surface area contributed by atoms with E-state index < -0.39 is 0 Å². The number of hydrogen-bond acceptors (Lipinski definition) is 4. The second-order valence-electron chi connectivity index (χ2n) is 4.70. The van der Waals surface area contributed by atoms with Gasteiger partial charge >= 0.3 is 0 Å². The third-order valence-electron chi connectivity index (χ3n) is 3.41. The van der Waals surface area contributed by atoms with E-state index in [0.29, 0.717) is 17.7 Å². The van der Waals surface area contributed by atoms with Crippen molar-refractivity contribution in [3.05, 3.63) is 17.5 Å². The lowest BCUT2D eigenvalue weighted by Gasteiger charge is -2.23. The Hall–Kier alpha value is -1.36. The molecule has 1 aromatic heterocycles. The molecule has 2 atom stereocenters. The Kier molecular flexibility index (Phi) is 2.21. The summed E-state index contributed by atoms with van der Waals surface area (Å²) in [5, 5.41) is 7.10. The van der Waals surface area contributed by atoms with Gasteiger partial charge in [-0.15, -0.1) is 0 Å². The topological polar surface area (TPSA) is 58.4 Å². The number of rotatable bonds is 1. The van der Waals surface area contributed by atoms with E-state index in [2.05, 4.69) is 10.5 Å². The molecule has 0 saturated carbocycles. The summed E-state index contributed by atoms with van der Waals surface area (Å²) in [4.78, 5) is 14.1. The minimum atomic E-state index is -0.0169. The fourth-order valence-corrected chi connectivity index (χ4v) is 2.66. The van der Waals surface area contributed by atoms with Gasteiger partial charge in [0.25, 0.3) is 5.91 Å². The first-order chi connectivity index (χ1) is 7.74. The van der Waals surface area contributed by atoms with Crippen LogP contribution in [0, 0.1) is 12.8 Å². The number of nitrogens with zero attached hydrogens (tertiary/aromatic N) is 2. The van der Waals surface area contributed by atoms with Crippen LogP contribution in [0.25, 0.3) is 0 Å². The molecule has 1 aromatic rings. The molecule has 5 nitrogen and oxygen atoms in total. The molecule has 5 heteroatoms. The van der Waals surface area contributed by atoms with Crippen molar-refractivity contribution in [2.24, 2.45) is 5.92 Å². The van der Waals surface area contributed by atoms with E-state index in [9.17, 15) is 4.79 Å². The molecule has 2 aliphatic rings. The van der Waals surface area contributed by atoms with Gasteiger partial charge in [0.15, 0.2) is 0 Å². The molecule has 2 unspecified atom stereocenters. The van der Waals surface area contributed by atoms with Crippen LogP contribution in [0.5, 0.6) is 0 Å². The minimum Gasteiger partial charge on any atom is -0.351 e. The van der Waals surface area contributed by atoms with Gasteiger partial charge < -0.3 is 14.7 Å². The number of carbonyl (C=O) groups is 1. The van der Waals surface area contributed by atoms with Crippen LogP contribution in [0.4, 0.5) is 0 Å². The zero-order valence-corrected chi connectivity index (χ0v) is 9.27. The van der Waals surface area contributed by atoms with E-state index in [4.69, 9.17) is 4.52 Å². The molecular weight excluding hydrogens is 206 g/mol. The molecule has 2 bridgehead atoms. The van der Waals surface area contributed by atoms with Crippen molar-refractivity contribution in [1.29, 1.82) is 0 Å². The van der Waals surface area contributed by atoms with Gasteiger partial charge in [0.2, 0.25) is 5.76 Å². The Morgan fingerprint density at radius 3 is 3.19 bits per heavy atom. The van der Waals surface area contributed by atoms with Crippen molar-refractivity contribution >= 4 is 5.91 Å². The van der Waals surface area contributed by atoms with Gasteiger partial charge in [-0.25, -0.2) is 0 Å². The van der Waals surface area contributed by atoms with E-state index in [0.717, 1.165) is 31.7 Å². The van der Waals surface area contributed by atoms with E-state index in [1.165, 1.54) is 0 Å². The molecule has 2 saturated heterocycles. The lowest BCUT2D eigenvalue weighted by molar-refractivity contribution is 0.0698. The highest BCUT2D eigenvalue weighted by molar-refractivity contribution is 5.92. The van der Waals surface area contributed by atoms with Crippen LogP contribution < -0.4 is 5.32 Å². The molecule has 3 rings (SSSR count). The fraction of sp³-hybridized carbons (Fsp3) is 0.636. The van der Waals surface area contributed by atoms with Crippen molar-refractivity contribution in [2.45, 2.75) is 19.4 Å². The minimum absolute atomic E-state index is 0.0169. The van der Waals surface area contributed by atoms with Crippen molar-refractivity contribution in [2.75, 3.05) is 19.6 Å². The summed E-state index contributed by atoms with van der Waals surface area (Å²) >= 11 is 0. The number of fused-ring (bicyclic) bond motifs is 2. The lowest BCUT2D eigenvalue weighted by atomic mass is 10.0. The number of amides is 1. The summed E-state index contributed by atoms with van der Waals surface area (Å²) in [6.45, 7) is 4.59. The maximum atomic E-state index is 12.2.